The minimum absolute atomic E-state index is 0.0939. The monoisotopic (exact) mass is 455 g/mol. The number of carbonyl (C=O) groups excluding carboxylic acids is 1. The number of furan rings is 1. The van der Waals surface area contributed by atoms with Gasteiger partial charge in [-0.25, -0.2) is 4.39 Å². The van der Waals surface area contributed by atoms with Crippen LogP contribution in [0, 0.1) is 5.82 Å². The quantitative estimate of drug-likeness (QED) is 0.418. The number of rotatable bonds is 5. The molecule has 0 saturated heterocycles. The zero-order chi connectivity index (χ0) is 20.4. The van der Waals surface area contributed by atoms with Crippen LogP contribution in [0.5, 0.6) is 0 Å². The molecule has 0 saturated carbocycles. The van der Waals surface area contributed by atoms with Crippen LogP contribution in [0.4, 0.5) is 4.39 Å². The van der Waals surface area contributed by atoms with Crippen LogP contribution in [0.15, 0.2) is 85.0 Å². The first-order chi connectivity index (χ1) is 14.0. The molecule has 0 aliphatic heterocycles. The molecule has 2 heterocycles. The third kappa shape index (κ3) is 4.30. The molecule has 7 heteroatoms. The highest BCUT2D eigenvalue weighted by molar-refractivity contribution is 9.10. The summed E-state index contributed by atoms with van der Waals surface area (Å²) in [5.74, 6) is -0.427. The molecule has 0 unspecified atom stereocenters. The molecule has 0 aliphatic carbocycles. The molecular weight excluding hydrogens is 441 g/mol. The van der Waals surface area contributed by atoms with Crippen molar-refractivity contribution in [2.75, 3.05) is 0 Å². The zero-order valence-electron chi connectivity index (χ0n) is 15.1. The maximum absolute atomic E-state index is 13.6. The fourth-order valence-corrected chi connectivity index (χ4v) is 3.38. The Hall–Kier alpha value is -3.19. The van der Waals surface area contributed by atoms with E-state index in [0.29, 0.717) is 22.3 Å². The number of fused-ring (bicyclic) bond motifs is 1. The number of benzene rings is 2. The SMILES string of the molecule is O=C(c1cc(=O)c2ccc(Br)cc2o1)N(Cc1cccc(F)c1)Cc1ccco1. The smallest absolute Gasteiger partial charge is 0.290 e. The fourth-order valence-electron chi connectivity index (χ4n) is 3.04. The summed E-state index contributed by atoms with van der Waals surface area (Å²) in [6, 6.07) is 15.6. The molecular formula is C22H15BrFNO4. The Labute approximate surface area is 173 Å². The lowest BCUT2D eigenvalue weighted by Gasteiger charge is -2.21. The molecule has 0 radical (unpaired) electrons. The predicted octanol–water partition coefficient (Wildman–Crippen LogP) is 5.13. The summed E-state index contributed by atoms with van der Waals surface area (Å²) in [5, 5.41) is 0.382. The fraction of sp³-hybridized carbons (Fsp3) is 0.0909. The van der Waals surface area contributed by atoms with E-state index in [1.54, 1.807) is 42.5 Å². The first-order valence-corrected chi connectivity index (χ1v) is 9.58. The standard InChI is InChI=1S/C22H15BrFNO4/c23-15-6-7-18-19(26)11-21(29-20(18)10-15)22(27)25(13-17-5-2-8-28-17)12-14-3-1-4-16(24)9-14/h1-11H,12-13H2. The van der Waals surface area contributed by atoms with Gasteiger partial charge in [-0.15, -0.1) is 0 Å². The van der Waals surface area contributed by atoms with Crippen molar-refractivity contribution in [3.8, 4) is 0 Å². The van der Waals surface area contributed by atoms with Gasteiger partial charge in [-0.3, -0.25) is 9.59 Å². The van der Waals surface area contributed by atoms with Crippen LogP contribution >= 0.6 is 15.9 Å². The lowest BCUT2D eigenvalue weighted by atomic mass is 10.2. The molecule has 0 fully saturated rings. The van der Waals surface area contributed by atoms with E-state index < -0.39 is 11.7 Å². The van der Waals surface area contributed by atoms with Crippen molar-refractivity contribution in [2.24, 2.45) is 0 Å². The molecule has 0 aliphatic rings. The van der Waals surface area contributed by atoms with Crippen molar-refractivity contribution in [3.63, 3.8) is 0 Å². The van der Waals surface area contributed by atoms with Gasteiger partial charge in [-0.05, 0) is 48.0 Å². The molecule has 2 aromatic carbocycles. The summed E-state index contributed by atoms with van der Waals surface area (Å²) in [5.41, 5.74) is 0.598. The van der Waals surface area contributed by atoms with Gasteiger partial charge in [0, 0.05) is 17.1 Å². The molecule has 0 N–H and O–H groups in total. The normalized spacial score (nSPS) is 11.0. The van der Waals surface area contributed by atoms with Crippen LogP contribution in [0.25, 0.3) is 11.0 Å². The van der Waals surface area contributed by atoms with Gasteiger partial charge in [0.2, 0.25) is 0 Å². The first-order valence-electron chi connectivity index (χ1n) is 8.79. The topological polar surface area (TPSA) is 63.7 Å². The van der Waals surface area contributed by atoms with Crippen molar-refractivity contribution < 1.29 is 18.0 Å². The Kier molecular flexibility index (Phi) is 5.31. The van der Waals surface area contributed by atoms with Crippen molar-refractivity contribution in [1.82, 2.24) is 4.90 Å². The lowest BCUT2D eigenvalue weighted by molar-refractivity contribution is 0.0685. The number of hydrogen-bond acceptors (Lipinski definition) is 4. The van der Waals surface area contributed by atoms with E-state index in [4.69, 9.17) is 8.83 Å². The summed E-state index contributed by atoms with van der Waals surface area (Å²) in [6.45, 7) is 0.264. The van der Waals surface area contributed by atoms with Gasteiger partial charge in [0.05, 0.1) is 18.2 Å². The Balaban J connectivity index is 1.72. The summed E-state index contributed by atoms with van der Waals surface area (Å²) >= 11 is 3.33. The Bertz CT molecular complexity index is 1230. The van der Waals surface area contributed by atoms with E-state index in [2.05, 4.69) is 15.9 Å². The van der Waals surface area contributed by atoms with E-state index in [0.717, 1.165) is 4.47 Å². The van der Waals surface area contributed by atoms with Crippen molar-refractivity contribution in [1.29, 1.82) is 0 Å². The second-order valence-electron chi connectivity index (χ2n) is 6.49. The Morgan fingerprint density at radius 3 is 2.66 bits per heavy atom. The van der Waals surface area contributed by atoms with Gasteiger partial charge in [-0.2, -0.15) is 0 Å². The summed E-state index contributed by atoms with van der Waals surface area (Å²) in [7, 11) is 0. The molecule has 146 valence electrons. The third-order valence-electron chi connectivity index (χ3n) is 4.38. The molecule has 5 nitrogen and oxygen atoms in total. The number of halogens is 2. The molecule has 4 rings (SSSR count). The number of amides is 1. The highest BCUT2D eigenvalue weighted by atomic mass is 79.9. The van der Waals surface area contributed by atoms with Crippen molar-refractivity contribution in [3.05, 3.63) is 105 Å². The predicted molar refractivity (Wildman–Crippen MR) is 109 cm³/mol. The van der Waals surface area contributed by atoms with Gasteiger partial charge >= 0.3 is 0 Å². The number of nitrogens with zero attached hydrogens (tertiary/aromatic N) is 1. The minimum Gasteiger partial charge on any atom is -0.467 e. The maximum Gasteiger partial charge on any atom is 0.290 e. The second-order valence-corrected chi connectivity index (χ2v) is 7.40. The summed E-state index contributed by atoms with van der Waals surface area (Å²) in [6.07, 6.45) is 1.51. The largest absolute Gasteiger partial charge is 0.467 e. The number of carbonyl (C=O) groups is 1. The van der Waals surface area contributed by atoms with E-state index in [1.807, 2.05) is 0 Å². The first kappa shape index (κ1) is 19.1. The van der Waals surface area contributed by atoms with E-state index in [9.17, 15) is 14.0 Å². The van der Waals surface area contributed by atoms with Gasteiger partial charge in [0.25, 0.3) is 5.91 Å². The Morgan fingerprint density at radius 2 is 1.90 bits per heavy atom. The molecule has 2 aromatic heterocycles. The average molecular weight is 456 g/mol. The van der Waals surface area contributed by atoms with Crippen molar-refractivity contribution >= 4 is 32.8 Å². The van der Waals surface area contributed by atoms with Gasteiger partial charge in [-0.1, -0.05) is 28.1 Å². The van der Waals surface area contributed by atoms with Crippen LogP contribution in [0.3, 0.4) is 0 Å². The van der Waals surface area contributed by atoms with E-state index in [-0.39, 0.29) is 24.3 Å². The third-order valence-corrected chi connectivity index (χ3v) is 4.87. The summed E-state index contributed by atoms with van der Waals surface area (Å²) < 4.78 is 25.4. The van der Waals surface area contributed by atoms with Crippen LogP contribution in [-0.4, -0.2) is 10.8 Å². The van der Waals surface area contributed by atoms with Gasteiger partial charge in [0.15, 0.2) is 11.2 Å². The highest BCUT2D eigenvalue weighted by Crippen LogP contribution is 2.21. The van der Waals surface area contributed by atoms with Crippen LogP contribution < -0.4 is 5.43 Å². The Morgan fingerprint density at radius 1 is 1.03 bits per heavy atom. The van der Waals surface area contributed by atoms with Crippen LogP contribution in [-0.2, 0) is 13.1 Å². The molecule has 0 spiro atoms. The van der Waals surface area contributed by atoms with E-state index >= 15 is 0 Å². The van der Waals surface area contributed by atoms with Crippen LogP contribution in [0.2, 0.25) is 0 Å². The molecule has 1 amide bonds. The van der Waals surface area contributed by atoms with E-state index in [1.165, 1.54) is 29.4 Å². The highest BCUT2D eigenvalue weighted by Gasteiger charge is 2.22. The molecule has 0 bridgehead atoms. The van der Waals surface area contributed by atoms with Crippen molar-refractivity contribution in [2.45, 2.75) is 13.1 Å². The van der Waals surface area contributed by atoms with Gasteiger partial charge < -0.3 is 13.7 Å². The number of hydrogen-bond donors (Lipinski definition) is 0. The van der Waals surface area contributed by atoms with Gasteiger partial charge in [0.1, 0.15) is 17.2 Å². The molecule has 29 heavy (non-hydrogen) atoms. The lowest BCUT2D eigenvalue weighted by Crippen LogP contribution is -2.30. The van der Waals surface area contributed by atoms with Crippen LogP contribution in [0.1, 0.15) is 21.9 Å². The average Bonchev–Trinajstić information content (AvgIpc) is 3.19. The zero-order valence-corrected chi connectivity index (χ0v) is 16.7. The second kappa shape index (κ2) is 8.05. The molecule has 4 aromatic rings. The maximum atomic E-state index is 13.6. The summed E-state index contributed by atoms with van der Waals surface area (Å²) in [4.78, 5) is 27.1. The molecule has 0 atom stereocenters. The minimum atomic E-state index is -0.496.